The van der Waals surface area contributed by atoms with Crippen molar-refractivity contribution in [3.63, 3.8) is 0 Å². The second-order valence-electron chi connectivity index (χ2n) is 6.63. The molecule has 1 heterocycles. The fraction of sp³-hybridized carbons (Fsp3) is 0.381. The van der Waals surface area contributed by atoms with Crippen LogP contribution in [-0.2, 0) is 4.74 Å². The fourth-order valence-electron chi connectivity index (χ4n) is 3.46. The Bertz CT molecular complexity index is 818. The standard InChI is InChI=1S/C21H25ClN2O4/c1-26-19-13-14(21(25)28-3)12-18(20(19)27-2)23-16-8-10-24(11-9-16)17-6-4-15(22)5-7-17/h4-7,12-13,16,23H,8-11H2,1-3H3. The Hall–Kier alpha value is -2.60. The monoisotopic (exact) mass is 404 g/mol. The third-order valence-electron chi connectivity index (χ3n) is 4.95. The SMILES string of the molecule is COC(=O)c1cc(NC2CCN(c3ccc(Cl)cc3)CC2)c(OC)c(OC)c1. The van der Waals surface area contributed by atoms with Crippen LogP contribution in [-0.4, -0.2) is 46.4 Å². The second kappa shape index (κ2) is 9.06. The molecule has 28 heavy (non-hydrogen) atoms. The van der Waals surface area contributed by atoms with Gasteiger partial charge in [0.2, 0.25) is 0 Å². The fourth-order valence-corrected chi connectivity index (χ4v) is 3.59. The van der Waals surface area contributed by atoms with Gasteiger partial charge in [-0.3, -0.25) is 0 Å². The molecule has 0 atom stereocenters. The van der Waals surface area contributed by atoms with Crippen molar-refractivity contribution >= 4 is 28.9 Å². The smallest absolute Gasteiger partial charge is 0.338 e. The highest BCUT2D eigenvalue weighted by Gasteiger charge is 2.23. The summed E-state index contributed by atoms with van der Waals surface area (Å²) in [7, 11) is 4.50. The third-order valence-corrected chi connectivity index (χ3v) is 5.20. The Kier molecular flexibility index (Phi) is 6.52. The molecular weight excluding hydrogens is 380 g/mol. The number of anilines is 2. The lowest BCUT2D eigenvalue weighted by Crippen LogP contribution is -2.39. The van der Waals surface area contributed by atoms with Gasteiger partial charge in [-0.05, 0) is 49.2 Å². The van der Waals surface area contributed by atoms with Gasteiger partial charge in [-0.15, -0.1) is 0 Å². The summed E-state index contributed by atoms with van der Waals surface area (Å²) >= 11 is 5.98. The molecule has 1 aliphatic heterocycles. The van der Waals surface area contributed by atoms with Crippen molar-refractivity contribution < 1.29 is 19.0 Å². The quantitative estimate of drug-likeness (QED) is 0.727. The van der Waals surface area contributed by atoms with E-state index in [1.807, 2.05) is 24.3 Å². The van der Waals surface area contributed by atoms with Crippen molar-refractivity contribution in [2.75, 3.05) is 44.6 Å². The van der Waals surface area contributed by atoms with E-state index in [-0.39, 0.29) is 6.04 Å². The van der Waals surface area contributed by atoms with Gasteiger partial charge >= 0.3 is 5.97 Å². The number of methoxy groups -OCH3 is 3. The lowest BCUT2D eigenvalue weighted by molar-refractivity contribution is 0.0600. The molecule has 7 heteroatoms. The van der Waals surface area contributed by atoms with E-state index in [1.165, 1.54) is 12.8 Å². The number of esters is 1. The number of carbonyl (C=O) groups is 1. The van der Waals surface area contributed by atoms with Crippen LogP contribution >= 0.6 is 11.6 Å². The molecule has 1 N–H and O–H groups in total. The number of ether oxygens (including phenoxy) is 3. The molecule has 0 saturated carbocycles. The zero-order valence-corrected chi connectivity index (χ0v) is 17.1. The van der Waals surface area contributed by atoms with E-state index in [4.69, 9.17) is 25.8 Å². The lowest BCUT2D eigenvalue weighted by atomic mass is 10.0. The van der Waals surface area contributed by atoms with E-state index in [0.717, 1.165) is 36.6 Å². The van der Waals surface area contributed by atoms with E-state index in [9.17, 15) is 4.79 Å². The van der Waals surface area contributed by atoms with Crippen LogP contribution in [0, 0.1) is 0 Å². The predicted molar refractivity (Wildman–Crippen MR) is 111 cm³/mol. The van der Waals surface area contributed by atoms with E-state index in [2.05, 4.69) is 10.2 Å². The Balaban J connectivity index is 1.73. The van der Waals surface area contributed by atoms with Crippen LogP contribution in [0.15, 0.2) is 36.4 Å². The van der Waals surface area contributed by atoms with Crippen molar-refractivity contribution in [3.8, 4) is 11.5 Å². The summed E-state index contributed by atoms with van der Waals surface area (Å²) in [5.41, 5.74) is 2.32. The van der Waals surface area contributed by atoms with Crippen LogP contribution in [0.3, 0.4) is 0 Å². The molecule has 2 aromatic carbocycles. The first kappa shape index (κ1) is 20.1. The first-order valence-electron chi connectivity index (χ1n) is 9.17. The zero-order chi connectivity index (χ0) is 20.1. The first-order valence-corrected chi connectivity index (χ1v) is 9.55. The van der Waals surface area contributed by atoms with Gasteiger partial charge in [0.1, 0.15) is 0 Å². The number of halogens is 1. The average Bonchev–Trinajstić information content (AvgIpc) is 2.73. The maximum absolute atomic E-state index is 12.0. The van der Waals surface area contributed by atoms with Gasteiger partial charge in [0, 0.05) is 29.8 Å². The number of nitrogens with zero attached hydrogens (tertiary/aromatic N) is 1. The minimum atomic E-state index is -0.415. The second-order valence-corrected chi connectivity index (χ2v) is 7.07. The molecule has 0 aromatic heterocycles. The molecule has 0 aliphatic carbocycles. The molecule has 1 aliphatic rings. The van der Waals surface area contributed by atoms with E-state index in [1.54, 1.807) is 26.4 Å². The molecule has 0 unspecified atom stereocenters. The zero-order valence-electron chi connectivity index (χ0n) is 16.3. The summed E-state index contributed by atoms with van der Waals surface area (Å²) in [6, 6.07) is 11.5. The number of carbonyl (C=O) groups excluding carboxylic acids is 1. The minimum Gasteiger partial charge on any atom is -0.493 e. The van der Waals surface area contributed by atoms with Gasteiger partial charge in [-0.2, -0.15) is 0 Å². The molecule has 1 saturated heterocycles. The molecule has 2 aromatic rings. The molecule has 6 nitrogen and oxygen atoms in total. The Morgan fingerprint density at radius 2 is 1.75 bits per heavy atom. The topological polar surface area (TPSA) is 60.0 Å². The summed E-state index contributed by atoms with van der Waals surface area (Å²) < 4.78 is 15.8. The maximum atomic E-state index is 12.0. The Morgan fingerprint density at radius 3 is 2.32 bits per heavy atom. The number of hydrogen-bond donors (Lipinski definition) is 1. The van der Waals surface area contributed by atoms with Crippen molar-refractivity contribution in [1.82, 2.24) is 0 Å². The number of piperidine rings is 1. The van der Waals surface area contributed by atoms with Crippen molar-refractivity contribution in [2.24, 2.45) is 0 Å². The van der Waals surface area contributed by atoms with Gasteiger partial charge < -0.3 is 24.4 Å². The van der Waals surface area contributed by atoms with E-state index in [0.29, 0.717) is 17.1 Å². The molecule has 3 rings (SSSR count). The molecule has 150 valence electrons. The van der Waals surface area contributed by atoms with Gasteiger partial charge in [0.05, 0.1) is 32.6 Å². The summed E-state index contributed by atoms with van der Waals surface area (Å²) in [5, 5.41) is 4.26. The first-order chi connectivity index (χ1) is 13.5. The number of benzene rings is 2. The number of hydrogen-bond acceptors (Lipinski definition) is 6. The van der Waals surface area contributed by atoms with Crippen LogP contribution < -0.4 is 19.7 Å². The van der Waals surface area contributed by atoms with Crippen LogP contribution in [0.5, 0.6) is 11.5 Å². The summed E-state index contributed by atoms with van der Waals surface area (Å²) in [6.07, 6.45) is 1.91. The highest BCUT2D eigenvalue weighted by molar-refractivity contribution is 6.30. The minimum absolute atomic E-state index is 0.259. The van der Waals surface area contributed by atoms with Gasteiger partial charge in [0.25, 0.3) is 0 Å². The Morgan fingerprint density at radius 1 is 1.07 bits per heavy atom. The van der Waals surface area contributed by atoms with Crippen molar-refractivity contribution in [3.05, 3.63) is 47.0 Å². The van der Waals surface area contributed by atoms with Crippen LogP contribution in [0.1, 0.15) is 23.2 Å². The summed E-state index contributed by atoms with van der Waals surface area (Å²) in [4.78, 5) is 14.3. The molecule has 0 spiro atoms. The van der Waals surface area contributed by atoms with Crippen molar-refractivity contribution in [2.45, 2.75) is 18.9 Å². The van der Waals surface area contributed by atoms with E-state index < -0.39 is 5.97 Å². The molecule has 0 amide bonds. The highest BCUT2D eigenvalue weighted by atomic mass is 35.5. The van der Waals surface area contributed by atoms with Crippen molar-refractivity contribution in [1.29, 1.82) is 0 Å². The average molecular weight is 405 g/mol. The van der Waals surface area contributed by atoms with Gasteiger partial charge in [-0.1, -0.05) is 11.6 Å². The predicted octanol–water partition coefficient (Wildman–Crippen LogP) is 4.22. The summed E-state index contributed by atoms with van der Waals surface area (Å²) in [6.45, 7) is 1.85. The molecule has 0 bridgehead atoms. The number of nitrogens with one attached hydrogen (secondary N) is 1. The molecule has 1 fully saturated rings. The third kappa shape index (κ3) is 4.44. The van der Waals surface area contributed by atoms with Crippen LogP contribution in [0.2, 0.25) is 5.02 Å². The van der Waals surface area contributed by atoms with Gasteiger partial charge in [-0.25, -0.2) is 4.79 Å². The molecular formula is C21H25ClN2O4. The largest absolute Gasteiger partial charge is 0.493 e. The van der Waals surface area contributed by atoms with Crippen LogP contribution in [0.25, 0.3) is 0 Å². The Labute approximate surface area is 170 Å². The highest BCUT2D eigenvalue weighted by Crippen LogP contribution is 2.38. The van der Waals surface area contributed by atoms with Crippen LogP contribution in [0.4, 0.5) is 11.4 Å². The molecule has 0 radical (unpaired) electrons. The normalized spacial score (nSPS) is 14.5. The maximum Gasteiger partial charge on any atom is 0.338 e. The number of rotatable bonds is 6. The van der Waals surface area contributed by atoms with Gasteiger partial charge in [0.15, 0.2) is 11.5 Å². The van der Waals surface area contributed by atoms with E-state index >= 15 is 0 Å². The lowest BCUT2D eigenvalue weighted by Gasteiger charge is -2.34. The summed E-state index contributed by atoms with van der Waals surface area (Å²) in [5.74, 6) is 0.656.